The van der Waals surface area contributed by atoms with Crippen molar-refractivity contribution in [2.24, 2.45) is 0 Å². The first-order valence-corrected chi connectivity index (χ1v) is 9.04. The molecule has 0 spiro atoms. The van der Waals surface area contributed by atoms with Crippen molar-refractivity contribution in [3.63, 3.8) is 0 Å². The first-order valence-electron chi connectivity index (χ1n) is 9.04. The van der Waals surface area contributed by atoms with Crippen LogP contribution in [0.3, 0.4) is 0 Å². The van der Waals surface area contributed by atoms with Crippen molar-refractivity contribution in [3.05, 3.63) is 35.9 Å². The Kier molecular flexibility index (Phi) is 5.38. The van der Waals surface area contributed by atoms with Gasteiger partial charge in [-0.05, 0) is 38.2 Å². The number of rotatable bonds is 3. The minimum atomic E-state index is -0.452. The Hall–Kier alpha value is -2.04. The topological polar surface area (TPSA) is 52.7 Å². The molecule has 5 heteroatoms. The quantitative estimate of drug-likeness (QED) is 0.927. The van der Waals surface area contributed by atoms with Gasteiger partial charge in [0.25, 0.3) is 0 Å². The first-order chi connectivity index (χ1) is 11.6. The van der Waals surface area contributed by atoms with E-state index in [-0.39, 0.29) is 11.9 Å². The van der Waals surface area contributed by atoms with Gasteiger partial charge in [0.05, 0.1) is 0 Å². The standard InChI is InChI=1S/C19H27N3O2/c1-15(18(23)21-11-6-3-7-12-21)20-19(24)22-13-10-17(14-22)16-8-4-2-5-9-16/h2,4-5,8-9,15,17H,3,6-7,10-14H2,1H3,(H,20,24)/t15-,17-/m0/s1. The number of hydrogen-bond donors (Lipinski definition) is 1. The zero-order valence-electron chi connectivity index (χ0n) is 14.4. The van der Waals surface area contributed by atoms with Crippen LogP contribution in [0, 0.1) is 0 Å². The summed E-state index contributed by atoms with van der Waals surface area (Å²) in [4.78, 5) is 28.6. The number of urea groups is 1. The molecule has 1 N–H and O–H groups in total. The van der Waals surface area contributed by atoms with Crippen LogP contribution in [-0.2, 0) is 4.79 Å². The number of nitrogens with zero attached hydrogens (tertiary/aromatic N) is 2. The van der Waals surface area contributed by atoms with Crippen molar-refractivity contribution in [1.29, 1.82) is 0 Å². The molecule has 2 atom stereocenters. The van der Waals surface area contributed by atoms with Crippen LogP contribution < -0.4 is 5.32 Å². The molecule has 24 heavy (non-hydrogen) atoms. The zero-order valence-corrected chi connectivity index (χ0v) is 14.4. The maximum Gasteiger partial charge on any atom is 0.318 e. The Morgan fingerprint density at radius 1 is 1.04 bits per heavy atom. The lowest BCUT2D eigenvalue weighted by Gasteiger charge is -2.30. The predicted molar refractivity (Wildman–Crippen MR) is 93.8 cm³/mol. The summed E-state index contributed by atoms with van der Waals surface area (Å²) in [7, 11) is 0. The Morgan fingerprint density at radius 3 is 2.46 bits per heavy atom. The summed E-state index contributed by atoms with van der Waals surface area (Å²) in [6, 6.07) is 9.76. The molecule has 0 saturated carbocycles. The highest BCUT2D eigenvalue weighted by molar-refractivity contribution is 5.86. The van der Waals surface area contributed by atoms with E-state index in [0.717, 1.165) is 45.4 Å². The third kappa shape index (κ3) is 3.89. The highest BCUT2D eigenvalue weighted by atomic mass is 16.2. The van der Waals surface area contributed by atoms with Gasteiger partial charge in [-0.25, -0.2) is 4.79 Å². The van der Waals surface area contributed by atoms with Gasteiger partial charge in [0.2, 0.25) is 5.91 Å². The van der Waals surface area contributed by atoms with Gasteiger partial charge in [-0.3, -0.25) is 4.79 Å². The number of likely N-dealkylation sites (tertiary alicyclic amines) is 2. The van der Waals surface area contributed by atoms with E-state index >= 15 is 0 Å². The third-order valence-electron chi connectivity index (χ3n) is 5.12. The SMILES string of the molecule is C[C@H](NC(=O)N1CC[C@H](c2ccccc2)C1)C(=O)N1CCCCC1. The van der Waals surface area contributed by atoms with E-state index in [0.29, 0.717) is 5.92 Å². The smallest absolute Gasteiger partial charge is 0.318 e. The fourth-order valence-electron chi connectivity index (χ4n) is 3.67. The molecule has 2 saturated heterocycles. The van der Waals surface area contributed by atoms with Crippen LogP contribution >= 0.6 is 0 Å². The van der Waals surface area contributed by atoms with E-state index in [1.54, 1.807) is 6.92 Å². The minimum absolute atomic E-state index is 0.0434. The molecule has 2 heterocycles. The second kappa shape index (κ2) is 7.69. The Labute approximate surface area is 144 Å². The van der Waals surface area contributed by atoms with Gasteiger partial charge in [0, 0.05) is 32.1 Å². The molecule has 0 radical (unpaired) electrons. The van der Waals surface area contributed by atoms with Crippen molar-refractivity contribution in [2.75, 3.05) is 26.2 Å². The second-order valence-electron chi connectivity index (χ2n) is 6.90. The second-order valence-corrected chi connectivity index (χ2v) is 6.90. The lowest BCUT2D eigenvalue weighted by atomic mass is 9.99. The van der Waals surface area contributed by atoms with Crippen LogP contribution in [0.2, 0.25) is 0 Å². The van der Waals surface area contributed by atoms with Crippen LogP contribution in [0.4, 0.5) is 4.79 Å². The van der Waals surface area contributed by atoms with Crippen LogP contribution in [-0.4, -0.2) is 54.0 Å². The van der Waals surface area contributed by atoms with Crippen molar-refractivity contribution in [3.8, 4) is 0 Å². The van der Waals surface area contributed by atoms with Crippen LogP contribution in [0.25, 0.3) is 0 Å². The van der Waals surface area contributed by atoms with Crippen molar-refractivity contribution < 1.29 is 9.59 Å². The lowest BCUT2D eigenvalue weighted by molar-refractivity contribution is -0.133. The third-order valence-corrected chi connectivity index (χ3v) is 5.12. The average molecular weight is 329 g/mol. The van der Waals surface area contributed by atoms with E-state index in [9.17, 15) is 9.59 Å². The van der Waals surface area contributed by atoms with Crippen LogP contribution in [0.1, 0.15) is 44.1 Å². The van der Waals surface area contributed by atoms with E-state index in [1.165, 1.54) is 12.0 Å². The summed E-state index contributed by atoms with van der Waals surface area (Å²) in [5, 5.41) is 2.89. The molecule has 2 aliphatic rings. The summed E-state index contributed by atoms with van der Waals surface area (Å²) >= 11 is 0. The first kappa shape index (κ1) is 16.8. The fourth-order valence-corrected chi connectivity index (χ4v) is 3.67. The van der Waals surface area contributed by atoms with Crippen molar-refractivity contribution >= 4 is 11.9 Å². The summed E-state index contributed by atoms with van der Waals surface area (Å²) in [6.07, 6.45) is 4.31. The molecule has 0 aliphatic carbocycles. The monoisotopic (exact) mass is 329 g/mol. The number of piperidine rings is 1. The molecule has 0 aromatic heterocycles. The van der Waals surface area contributed by atoms with E-state index in [4.69, 9.17) is 0 Å². The fraction of sp³-hybridized carbons (Fsp3) is 0.579. The van der Waals surface area contributed by atoms with E-state index < -0.39 is 6.04 Å². The van der Waals surface area contributed by atoms with Gasteiger partial charge in [-0.15, -0.1) is 0 Å². The van der Waals surface area contributed by atoms with Gasteiger partial charge in [-0.1, -0.05) is 30.3 Å². The van der Waals surface area contributed by atoms with Gasteiger partial charge >= 0.3 is 6.03 Å². The van der Waals surface area contributed by atoms with Crippen molar-refractivity contribution in [1.82, 2.24) is 15.1 Å². The molecular formula is C19H27N3O2. The van der Waals surface area contributed by atoms with Gasteiger partial charge in [-0.2, -0.15) is 0 Å². The van der Waals surface area contributed by atoms with E-state index in [1.807, 2.05) is 28.0 Å². The number of nitrogens with one attached hydrogen (secondary N) is 1. The van der Waals surface area contributed by atoms with Crippen LogP contribution in [0.5, 0.6) is 0 Å². The summed E-state index contributed by atoms with van der Waals surface area (Å²) in [5.41, 5.74) is 1.28. The normalized spacial score (nSPS) is 22.3. The molecule has 2 fully saturated rings. The predicted octanol–water partition coefficient (Wildman–Crippen LogP) is 2.59. The molecule has 2 aliphatic heterocycles. The molecule has 1 aromatic rings. The number of benzene rings is 1. The summed E-state index contributed by atoms with van der Waals surface area (Å²) < 4.78 is 0. The maximum absolute atomic E-state index is 12.5. The number of amides is 3. The molecule has 1 aromatic carbocycles. The zero-order chi connectivity index (χ0) is 16.9. The summed E-state index contributed by atoms with van der Waals surface area (Å²) in [6.45, 7) is 4.90. The Morgan fingerprint density at radius 2 is 1.75 bits per heavy atom. The number of carbonyl (C=O) groups excluding carboxylic acids is 2. The number of hydrogen-bond acceptors (Lipinski definition) is 2. The average Bonchev–Trinajstić information content (AvgIpc) is 3.13. The molecule has 0 unspecified atom stereocenters. The van der Waals surface area contributed by atoms with Gasteiger partial charge < -0.3 is 15.1 Å². The largest absolute Gasteiger partial charge is 0.341 e. The van der Waals surface area contributed by atoms with Gasteiger partial charge in [0.1, 0.15) is 6.04 Å². The maximum atomic E-state index is 12.5. The van der Waals surface area contributed by atoms with Crippen molar-refractivity contribution in [2.45, 2.75) is 44.6 Å². The number of carbonyl (C=O) groups is 2. The Bertz CT molecular complexity index is 569. The van der Waals surface area contributed by atoms with Crippen LogP contribution in [0.15, 0.2) is 30.3 Å². The molecule has 3 rings (SSSR count). The molecule has 3 amide bonds. The van der Waals surface area contributed by atoms with Gasteiger partial charge in [0.15, 0.2) is 0 Å². The molecule has 130 valence electrons. The molecule has 0 bridgehead atoms. The lowest BCUT2D eigenvalue weighted by Crippen LogP contribution is -2.51. The highest BCUT2D eigenvalue weighted by Crippen LogP contribution is 2.26. The summed E-state index contributed by atoms with van der Waals surface area (Å²) in [5.74, 6) is 0.437. The molecular weight excluding hydrogens is 302 g/mol. The minimum Gasteiger partial charge on any atom is -0.341 e. The molecule has 5 nitrogen and oxygen atoms in total. The van der Waals surface area contributed by atoms with E-state index in [2.05, 4.69) is 17.4 Å². The highest BCUT2D eigenvalue weighted by Gasteiger charge is 2.30. The Balaban J connectivity index is 1.51.